The fraction of sp³-hybridized carbons (Fsp3) is 0.632. The van der Waals surface area contributed by atoms with Gasteiger partial charge in [-0.2, -0.15) is 0 Å². The molecule has 3 fully saturated rings. The van der Waals surface area contributed by atoms with Crippen molar-refractivity contribution in [2.45, 2.75) is 44.1 Å². The zero-order valence-electron chi connectivity index (χ0n) is 14.0. The van der Waals surface area contributed by atoms with Gasteiger partial charge in [0.25, 0.3) is 0 Å². The summed E-state index contributed by atoms with van der Waals surface area (Å²) in [5.41, 5.74) is 2.34. The molecule has 0 aromatic heterocycles. The van der Waals surface area contributed by atoms with E-state index in [9.17, 15) is 4.79 Å². The highest BCUT2D eigenvalue weighted by Crippen LogP contribution is 2.36. The van der Waals surface area contributed by atoms with Crippen LogP contribution in [0, 0.1) is 5.92 Å². The third kappa shape index (κ3) is 2.97. The Morgan fingerprint density at radius 1 is 1.09 bits per heavy atom. The maximum absolute atomic E-state index is 12.7. The maximum atomic E-state index is 12.7. The number of nitrogens with one attached hydrogen (secondary N) is 1. The average Bonchev–Trinajstić information content (AvgIpc) is 2.90. The molecule has 2 heterocycles. The largest absolute Gasteiger partial charge is 0.322 e. The van der Waals surface area contributed by atoms with Crippen LogP contribution in [0.15, 0.2) is 24.3 Å². The number of carbonyl (C=O) groups is 1. The van der Waals surface area contributed by atoms with Crippen molar-refractivity contribution >= 4 is 11.7 Å². The number of hydrogen-bond donors (Lipinski definition) is 1. The van der Waals surface area contributed by atoms with Crippen molar-refractivity contribution < 1.29 is 4.79 Å². The molecule has 4 rings (SSSR count). The van der Waals surface area contributed by atoms with Gasteiger partial charge in [0.15, 0.2) is 0 Å². The van der Waals surface area contributed by atoms with Crippen LogP contribution in [-0.2, 0) is 0 Å². The number of amides is 2. The van der Waals surface area contributed by atoms with Gasteiger partial charge in [0, 0.05) is 24.8 Å². The highest BCUT2D eigenvalue weighted by atomic mass is 16.2. The third-order valence-corrected chi connectivity index (χ3v) is 6.07. The van der Waals surface area contributed by atoms with Gasteiger partial charge < -0.3 is 15.1 Å². The molecule has 124 valence electrons. The van der Waals surface area contributed by atoms with Crippen molar-refractivity contribution in [2.75, 3.05) is 32.0 Å². The highest BCUT2D eigenvalue weighted by molar-refractivity contribution is 5.89. The number of benzene rings is 1. The van der Waals surface area contributed by atoms with Crippen molar-refractivity contribution in [3.05, 3.63) is 29.8 Å². The van der Waals surface area contributed by atoms with Gasteiger partial charge in [-0.1, -0.05) is 18.6 Å². The lowest BCUT2D eigenvalue weighted by Crippen LogP contribution is -2.49. The van der Waals surface area contributed by atoms with Gasteiger partial charge in [0.05, 0.1) is 0 Å². The predicted molar refractivity (Wildman–Crippen MR) is 92.8 cm³/mol. The third-order valence-electron chi connectivity index (χ3n) is 6.07. The van der Waals surface area contributed by atoms with Crippen molar-refractivity contribution in [3.63, 3.8) is 0 Å². The van der Waals surface area contributed by atoms with E-state index in [4.69, 9.17) is 0 Å². The van der Waals surface area contributed by atoms with Gasteiger partial charge in [-0.15, -0.1) is 0 Å². The van der Waals surface area contributed by atoms with E-state index in [1.807, 2.05) is 0 Å². The number of likely N-dealkylation sites (tertiary alicyclic amines) is 2. The van der Waals surface area contributed by atoms with Gasteiger partial charge in [0.1, 0.15) is 0 Å². The molecule has 1 N–H and O–H groups in total. The molecule has 4 heteroatoms. The van der Waals surface area contributed by atoms with Gasteiger partial charge in [-0.3, -0.25) is 0 Å². The first-order chi connectivity index (χ1) is 11.2. The summed E-state index contributed by atoms with van der Waals surface area (Å²) in [4.78, 5) is 17.1. The van der Waals surface area contributed by atoms with Gasteiger partial charge in [-0.25, -0.2) is 4.79 Å². The van der Waals surface area contributed by atoms with E-state index < -0.39 is 0 Å². The number of piperidine rings is 1. The van der Waals surface area contributed by atoms with E-state index in [-0.39, 0.29) is 6.03 Å². The number of hydrogen-bond acceptors (Lipinski definition) is 2. The van der Waals surface area contributed by atoms with Crippen LogP contribution in [0.4, 0.5) is 10.5 Å². The van der Waals surface area contributed by atoms with E-state index in [2.05, 4.69) is 46.4 Å². The molecule has 2 atom stereocenters. The monoisotopic (exact) mass is 313 g/mol. The van der Waals surface area contributed by atoms with E-state index in [0.29, 0.717) is 12.0 Å². The molecule has 0 spiro atoms. The molecule has 1 aromatic rings. The van der Waals surface area contributed by atoms with Crippen LogP contribution in [-0.4, -0.2) is 48.6 Å². The second-order valence-corrected chi connectivity index (χ2v) is 7.54. The number of carbonyl (C=O) groups excluding carboxylic acids is 1. The normalized spacial score (nSPS) is 28.3. The molecule has 1 aromatic carbocycles. The molecule has 1 aliphatic carbocycles. The van der Waals surface area contributed by atoms with E-state index in [0.717, 1.165) is 31.1 Å². The Bertz CT molecular complexity index is 566. The van der Waals surface area contributed by atoms with Crippen LogP contribution in [0.25, 0.3) is 0 Å². The molecule has 1 saturated carbocycles. The first-order valence-electron chi connectivity index (χ1n) is 9.07. The summed E-state index contributed by atoms with van der Waals surface area (Å²) in [7, 11) is 2.16. The number of anilines is 1. The Balaban J connectivity index is 1.39. The lowest BCUT2D eigenvalue weighted by molar-refractivity contribution is 0.137. The Morgan fingerprint density at radius 3 is 2.52 bits per heavy atom. The Labute approximate surface area is 138 Å². The van der Waals surface area contributed by atoms with E-state index in [1.165, 1.54) is 37.8 Å². The minimum atomic E-state index is 0.0733. The molecule has 0 unspecified atom stereocenters. The number of fused-ring (bicyclic) bond motifs is 1. The number of likely N-dealkylation sites (N-methyl/N-ethyl adjacent to an activating group) is 1. The van der Waals surface area contributed by atoms with Crippen molar-refractivity contribution in [3.8, 4) is 0 Å². The van der Waals surface area contributed by atoms with Crippen molar-refractivity contribution in [1.82, 2.24) is 9.80 Å². The Hall–Kier alpha value is -1.55. The molecule has 4 nitrogen and oxygen atoms in total. The van der Waals surface area contributed by atoms with Crippen LogP contribution < -0.4 is 5.32 Å². The fourth-order valence-corrected chi connectivity index (χ4v) is 4.33. The first kappa shape index (κ1) is 15.0. The zero-order chi connectivity index (χ0) is 15.8. The Kier molecular flexibility index (Phi) is 4.02. The lowest BCUT2D eigenvalue weighted by Gasteiger charge is -2.36. The average molecular weight is 313 g/mol. The summed E-state index contributed by atoms with van der Waals surface area (Å²) >= 11 is 0. The zero-order valence-corrected chi connectivity index (χ0v) is 14.0. The highest BCUT2D eigenvalue weighted by Gasteiger charge is 2.39. The predicted octanol–water partition coefficient (Wildman–Crippen LogP) is 3.51. The van der Waals surface area contributed by atoms with Crippen molar-refractivity contribution in [1.29, 1.82) is 0 Å². The van der Waals surface area contributed by atoms with Gasteiger partial charge >= 0.3 is 6.03 Å². The molecular weight excluding hydrogens is 286 g/mol. The molecule has 0 bridgehead atoms. The van der Waals surface area contributed by atoms with Crippen LogP contribution >= 0.6 is 0 Å². The summed E-state index contributed by atoms with van der Waals surface area (Å²) in [6.45, 7) is 3.08. The van der Waals surface area contributed by atoms with Crippen LogP contribution in [0.1, 0.15) is 43.6 Å². The van der Waals surface area contributed by atoms with Gasteiger partial charge in [-0.05, 0) is 68.8 Å². The summed E-state index contributed by atoms with van der Waals surface area (Å²) in [5, 5.41) is 3.10. The topological polar surface area (TPSA) is 35.6 Å². The van der Waals surface area contributed by atoms with Crippen LogP contribution in [0.3, 0.4) is 0 Å². The summed E-state index contributed by atoms with van der Waals surface area (Å²) < 4.78 is 0. The molecule has 3 aliphatic rings. The van der Waals surface area contributed by atoms with E-state index in [1.54, 1.807) is 0 Å². The fourth-order valence-electron chi connectivity index (χ4n) is 4.33. The quantitative estimate of drug-likeness (QED) is 0.907. The first-order valence-corrected chi connectivity index (χ1v) is 9.07. The van der Waals surface area contributed by atoms with Gasteiger partial charge in [0.2, 0.25) is 0 Å². The molecule has 2 amide bonds. The molecule has 23 heavy (non-hydrogen) atoms. The molecular formula is C19H27N3O. The van der Waals surface area contributed by atoms with Crippen LogP contribution in [0.2, 0.25) is 0 Å². The molecule has 2 saturated heterocycles. The minimum Gasteiger partial charge on any atom is -0.320 e. The summed E-state index contributed by atoms with van der Waals surface area (Å²) in [6.07, 6.45) is 6.37. The molecule has 0 radical (unpaired) electrons. The number of urea groups is 1. The molecule has 2 aliphatic heterocycles. The summed E-state index contributed by atoms with van der Waals surface area (Å²) in [5.74, 6) is 1.44. The smallest absolute Gasteiger partial charge is 0.320 e. The minimum absolute atomic E-state index is 0.0733. The second-order valence-electron chi connectivity index (χ2n) is 7.54. The van der Waals surface area contributed by atoms with Crippen LogP contribution in [0.5, 0.6) is 0 Å². The lowest BCUT2D eigenvalue weighted by atomic mass is 9.80. The SMILES string of the molecule is CN1CC[C@H]2CCN(C(=O)Nc3ccc(C4CCC4)cc3)[C@@H]2C1. The Morgan fingerprint density at radius 2 is 1.83 bits per heavy atom. The maximum Gasteiger partial charge on any atom is 0.322 e. The number of rotatable bonds is 2. The van der Waals surface area contributed by atoms with Crippen molar-refractivity contribution in [2.24, 2.45) is 5.92 Å². The van der Waals surface area contributed by atoms with E-state index >= 15 is 0 Å². The number of nitrogens with zero attached hydrogens (tertiary/aromatic N) is 2. The summed E-state index contributed by atoms with van der Waals surface area (Å²) in [6, 6.07) is 8.95. The second kappa shape index (κ2) is 6.16. The standard InChI is InChI=1S/C19H27N3O/c1-21-11-9-16-10-12-22(18(16)13-21)19(23)20-17-7-5-15(6-8-17)14-3-2-4-14/h5-8,14,16,18H,2-4,9-13H2,1H3,(H,20,23)/t16-,18+/m0/s1.